The van der Waals surface area contributed by atoms with Gasteiger partial charge in [0.15, 0.2) is 24.4 Å². The Balaban J connectivity index is 1.80. The molecule has 2 aromatic carbocycles. The zero-order valence-electron chi connectivity index (χ0n) is 27.4. The Bertz CT molecular complexity index is 1550. The molecule has 1 spiro atoms. The number of benzene rings is 2. The van der Waals surface area contributed by atoms with Crippen LogP contribution in [0, 0.1) is 11.3 Å². The van der Waals surface area contributed by atoms with Gasteiger partial charge in [-0.3, -0.25) is 14.4 Å². The number of carbonyl (C=O) groups is 5. The summed E-state index contributed by atoms with van der Waals surface area (Å²) < 4.78 is 36.7. The monoisotopic (exact) mass is 652 g/mol. The van der Waals surface area contributed by atoms with E-state index in [2.05, 4.69) is 0 Å². The van der Waals surface area contributed by atoms with Crippen LogP contribution in [-0.2, 0) is 42.8 Å². The van der Waals surface area contributed by atoms with Gasteiger partial charge >= 0.3 is 29.8 Å². The molecule has 1 N–H and O–H groups in total. The number of ether oxygens (including phenoxy) is 6. The molecule has 12 nitrogen and oxygen atoms in total. The van der Waals surface area contributed by atoms with Crippen LogP contribution in [0.25, 0.3) is 0 Å². The summed E-state index contributed by atoms with van der Waals surface area (Å²) in [6.45, 7) is 9.89. The van der Waals surface area contributed by atoms with E-state index in [4.69, 9.17) is 28.4 Å². The smallest absolute Gasteiger partial charge is 0.338 e. The summed E-state index contributed by atoms with van der Waals surface area (Å²) >= 11 is 0. The van der Waals surface area contributed by atoms with Gasteiger partial charge in [-0.05, 0) is 58.4 Å². The van der Waals surface area contributed by atoms with Gasteiger partial charge in [-0.1, -0.05) is 36.4 Å². The molecule has 2 bridgehead atoms. The lowest BCUT2D eigenvalue weighted by molar-refractivity contribution is -0.356. The Kier molecular flexibility index (Phi) is 8.74. The second kappa shape index (κ2) is 12.1. The Morgan fingerprint density at radius 2 is 1.06 bits per heavy atom. The van der Waals surface area contributed by atoms with E-state index in [0.29, 0.717) is 0 Å². The summed E-state index contributed by atoms with van der Waals surface area (Å²) in [7, 11) is 0. The van der Waals surface area contributed by atoms with Gasteiger partial charge in [-0.15, -0.1) is 0 Å². The Labute approximate surface area is 272 Å². The van der Waals surface area contributed by atoms with Gasteiger partial charge in [0, 0.05) is 26.7 Å². The van der Waals surface area contributed by atoms with Crippen LogP contribution in [0.5, 0.6) is 0 Å². The average molecular weight is 653 g/mol. The summed E-state index contributed by atoms with van der Waals surface area (Å²) in [5.41, 5.74) is -6.59. The number of hydrogen-bond acceptors (Lipinski definition) is 12. The van der Waals surface area contributed by atoms with E-state index < -0.39 is 88.5 Å². The van der Waals surface area contributed by atoms with Gasteiger partial charge in [0.2, 0.25) is 0 Å². The fourth-order valence-electron chi connectivity index (χ4n) is 7.95. The van der Waals surface area contributed by atoms with Crippen LogP contribution in [0.3, 0.4) is 0 Å². The number of hydrogen-bond donors (Lipinski definition) is 1. The molecule has 1 heterocycles. The van der Waals surface area contributed by atoms with E-state index in [-0.39, 0.29) is 17.5 Å². The molecular formula is C35H40O12. The van der Waals surface area contributed by atoms with Gasteiger partial charge in [0.25, 0.3) is 0 Å². The second-order valence-electron chi connectivity index (χ2n) is 13.3. The SMILES string of the molecule is CC(=O)O[C@H]1[C@@H]2C[C@@]3(OC2(C)C)[C@](C)([C@H]1OC(=O)c1ccccc1)[C@@H](OC(=O)c1ccccc1)[C@H](OC(C)=O)[C@H](OC(C)=O)[C@@]3(C)O. The number of carbonyl (C=O) groups excluding carboxylic acids is 5. The molecule has 3 fully saturated rings. The first-order chi connectivity index (χ1) is 22.0. The minimum Gasteiger partial charge on any atom is -0.458 e. The third kappa shape index (κ3) is 5.57. The van der Waals surface area contributed by atoms with Crippen molar-refractivity contribution in [2.45, 2.75) is 102 Å². The van der Waals surface area contributed by atoms with Crippen LogP contribution in [0.2, 0.25) is 0 Å². The fourth-order valence-corrected chi connectivity index (χ4v) is 7.95. The molecule has 0 amide bonds. The molecule has 0 unspecified atom stereocenters. The highest BCUT2D eigenvalue weighted by molar-refractivity contribution is 5.90. The van der Waals surface area contributed by atoms with Crippen molar-refractivity contribution in [3.05, 3.63) is 71.8 Å². The molecule has 12 heteroatoms. The zero-order valence-corrected chi connectivity index (χ0v) is 27.4. The normalized spacial score (nSPS) is 35.1. The highest BCUT2D eigenvalue weighted by atomic mass is 16.6. The van der Waals surface area contributed by atoms with Crippen molar-refractivity contribution in [1.82, 2.24) is 0 Å². The molecule has 47 heavy (non-hydrogen) atoms. The first-order valence-corrected chi connectivity index (χ1v) is 15.4. The quantitative estimate of drug-likeness (QED) is 0.343. The molecule has 1 saturated heterocycles. The minimum absolute atomic E-state index is 0.00915. The maximum absolute atomic E-state index is 13.8. The number of aliphatic hydroxyl groups is 1. The largest absolute Gasteiger partial charge is 0.458 e. The molecule has 5 rings (SSSR count). The van der Waals surface area contributed by atoms with E-state index in [1.807, 2.05) is 0 Å². The molecule has 2 aliphatic carbocycles. The van der Waals surface area contributed by atoms with Crippen molar-refractivity contribution >= 4 is 29.8 Å². The van der Waals surface area contributed by atoms with Crippen molar-refractivity contribution in [3.8, 4) is 0 Å². The molecule has 9 atom stereocenters. The van der Waals surface area contributed by atoms with E-state index >= 15 is 0 Å². The maximum Gasteiger partial charge on any atom is 0.338 e. The Morgan fingerprint density at radius 3 is 1.51 bits per heavy atom. The summed E-state index contributed by atoms with van der Waals surface area (Å²) in [6.07, 6.45) is -7.47. The first-order valence-electron chi connectivity index (χ1n) is 15.4. The summed E-state index contributed by atoms with van der Waals surface area (Å²) in [5.74, 6) is -4.63. The van der Waals surface area contributed by atoms with Gasteiger partial charge in [0.05, 0.1) is 22.1 Å². The van der Waals surface area contributed by atoms with Crippen LogP contribution >= 0.6 is 0 Å². The second-order valence-corrected chi connectivity index (χ2v) is 13.3. The predicted octanol–water partition coefficient (Wildman–Crippen LogP) is 3.57. The molecular weight excluding hydrogens is 612 g/mol. The highest BCUT2D eigenvalue weighted by Crippen LogP contribution is 2.69. The number of rotatable bonds is 7. The van der Waals surface area contributed by atoms with Crippen LogP contribution in [0.1, 0.15) is 75.6 Å². The summed E-state index contributed by atoms with van der Waals surface area (Å²) in [5, 5.41) is 12.7. The van der Waals surface area contributed by atoms with E-state index in [0.717, 1.165) is 13.8 Å². The van der Waals surface area contributed by atoms with E-state index in [1.165, 1.54) is 26.0 Å². The standard InChI is InChI=1S/C35H40O12/c1-19(36)42-25-24-18-35(47-32(24,4)5)33(6,27(25)45-30(39)22-14-10-8-11-15-22)28(46-31(40)23-16-12-9-13-17-23)26(43-20(2)37)29(34(35,7)41)44-21(3)38/h8-17,24-29,41H,18H2,1-7H3/t24-,25-,26-,27-,28-,29-,33+,34+,35+/m0/s1. The molecule has 1 aliphatic heterocycles. The van der Waals surface area contributed by atoms with Crippen molar-refractivity contribution in [2.75, 3.05) is 0 Å². The topological polar surface area (TPSA) is 161 Å². The lowest BCUT2D eigenvalue weighted by Crippen LogP contribution is -2.84. The first kappa shape index (κ1) is 34.1. The highest BCUT2D eigenvalue weighted by Gasteiger charge is 2.85. The lowest BCUT2D eigenvalue weighted by Gasteiger charge is -2.66. The predicted molar refractivity (Wildman–Crippen MR) is 163 cm³/mol. The minimum atomic E-state index is -2.16. The number of fused-ring (bicyclic) bond motifs is 1. The fraction of sp³-hybridized carbons (Fsp3) is 0.514. The molecule has 2 saturated carbocycles. The average Bonchev–Trinajstić information content (AvgIpc) is 3.28. The van der Waals surface area contributed by atoms with Crippen LogP contribution in [-0.4, -0.2) is 82.3 Å². The Morgan fingerprint density at radius 1 is 0.638 bits per heavy atom. The molecule has 3 aliphatic rings. The van der Waals surface area contributed by atoms with Gasteiger partial charge in [-0.2, -0.15) is 0 Å². The summed E-state index contributed by atoms with van der Waals surface area (Å²) in [4.78, 5) is 65.5. The maximum atomic E-state index is 13.8. The van der Waals surface area contributed by atoms with E-state index in [9.17, 15) is 29.1 Å². The third-order valence-electron chi connectivity index (χ3n) is 9.94. The molecule has 0 aromatic heterocycles. The molecule has 0 radical (unpaired) electrons. The van der Waals surface area contributed by atoms with Crippen molar-refractivity contribution < 1.29 is 57.5 Å². The molecule has 2 aromatic rings. The van der Waals surface area contributed by atoms with Crippen molar-refractivity contribution in [2.24, 2.45) is 11.3 Å². The number of esters is 5. The Hall–Kier alpha value is -4.29. The van der Waals surface area contributed by atoms with Gasteiger partial charge < -0.3 is 33.5 Å². The van der Waals surface area contributed by atoms with Gasteiger partial charge in [0.1, 0.15) is 17.3 Å². The lowest BCUT2D eigenvalue weighted by atomic mass is 9.46. The van der Waals surface area contributed by atoms with Gasteiger partial charge in [-0.25, -0.2) is 9.59 Å². The van der Waals surface area contributed by atoms with Crippen LogP contribution in [0.4, 0.5) is 0 Å². The van der Waals surface area contributed by atoms with Crippen LogP contribution < -0.4 is 0 Å². The van der Waals surface area contributed by atoms with Crippen molar-refractivity contribution in [1.29, 1.82) is 0 Å². The van der Waals surface area contributed by atoms with E-state index in [1.54, 1.807) is 69.3 Å². The van der Waals surface area contributed by atoms with Crippen molar-refractivity contribution in [3.63, 3.8) is 0 Å². The van der Waals surface area contributed by atoms with Crippen LogP contribution in [0.15, 0.2) is 60.7 Å². The molecule has 252 valence electrons. The third-order valence-corrected chi connectivity index (χ3v) is 9.94. The summed E-state index contributed by atoms with van der Waals surface area (Å²) in [6, 6.07) is 16.1. The zero-order chi connectivity index (χ0) is 34.5.